The van der Waals surface area contributed by atoms with Crippen molar-refractivity contribution in [1.29, 1.82) is 5.26 Å². The van der Waals surface area contributed by atoms with Gasteiger partial charge in [0.05, 0.1) is 12.1 Å². The van der Waals surface area contributed by atoms with Crippen LogP contribution in [0.4, 0.5) is 10.1 Å². The first kappa shape index (κ1) is 14.0. The third-order valence-electron chi connectivity index (χ3n) is 4.01. The Morgan fingerprint density at radius 1 is 1.04 bits per heavy atom. The molecule has 0 saturated carbocycles. The summed E-state index contributed by atoms with van der Waals surface area (Å²) >= 11 is 0. The van der Waals surface area contributed by atoms with Crippen LogP contribution in [-0.2, 0) is 0 Å². The highest BCUT2D eigenvalue weighted by molar-refractivity contribution is 6.12. The highest BCUT2D eigenvalue weighted by Crippen LogP contribution is 2.38. The minimum absolute atomic E-state index is 0.136. The van der Waals surface area contributed by atoms with Crippen molar-refractivity contribution in [2.24, 2.45) is 0 Å². The molecule has 0 bridgehead atoms. The van der Waals surface area contributed by atoms with Gasteiger partial charge in [-0.25, -0.2) is 9.24 Å². The SMILES string of the molecule is [C-]#[N+]c1cc(-c2cccc3oc4ccccc4c23)cc(C#N)c1F. The summed E-state index contributed by atoms with van der Waals surface area (Å²) in [5.74, 6) is -0.777. The second-order valence-electron chi connectivity index (χ2n) is 5.36. The summed E-state index contributed by atoms with van der Waals surface area (Å²) in [4.78, 5) is 3.20. The lowest BCUT2D eigenvalue weighted by Gasteiger charge is -2.06. The van der Waals surface area contributed by atoms with Gasteiger partial charge in [0.15, 0.2) is 0 Å². The van der Waals surface area contributed by atoms with E-state index in [1.165, 1.54) is 12.1 Å². The Kier molecular flexibility index (Phi) is 3.05. The van der Waals surface area contributed by atoms with E-state index < -0.39 is 5.82 Å². The van der Waals surface area contributed by atoms with E-state index in [4.69, 9.17) is 16.3 Å². The molecule has 4 rings (SSSR count). The molecule has 24 heavy (non-hydrogen) atoms. The Hall–Kier alpha value is -3.63. The molecule has 4 heteroatoms. The molecule has 0 radical (unpaired) electrons. The number of furan rings is 1. The number of rotatable bonds is 1. The molecule has 3 aromatic carbocycles. The lowest BCUT2D eigenvalue weighted by Crippen LogP contribution is -1.87. The minimum Gasteiger partial charge on any atom is -0.456 e. The Bertz CT molecular complexity index is 1160. The van der Waals surface area contributed by atoms with E-state index in [1.807, 2.05) is 48.5 Å². The molecule has 112 valence electrons. The smallest absolute Gasteiger partial charge is 0.224 e. The summed E-state index contributed by atoms with van der Waals surface area (Å²) in [6, 6.07) is 18.0. The average molecular weight is 312 g/mol. The number of hydrogen-bond donors (Lipinski definition) is 0. The van der Waals surface area contributed by atoms with Crippen LogP contribution in [0.1, 0.15) is 5.56 Å². The van der Waals surface area contributed by atoms with Gasteiger partial charge in [-0.3, -0.25) is 0 Å². The Balaban J connectivity index is 2.12. The third-order valence-corrected chi connectivity index (χ3v) is 4.01. The highest BCUT2D eigenvalue weighted by atomic mass is 19.1. The first-order valence-electron chi connectivity index (χ1n) is 7.24. The fraction of sp³-hybridized carbons (Fsp3) is 0. The van der Waals surface area contributed by atoms with Crippen molar-refractivity contribution in [2.45, 2.75) is 0 Å². The van der Waals surface area contributed by atoms with Crippen LogP contribution < -0.4 is 0 Å². The Morgan fingerprint density at radius 2 is 1.83 bits per heavy atom. The molecule has 0 amide bonds. The van der Waals surface area contributed by atoms with Crippen molar-refractivity contribution in [3.05, 3.63) is 77.4 Å². The summed E-state index contributed by atoms with van der Waals surface area (Å²) in [5.41, 5.74) is 2.60. The second-order valence-corrected chi connectivity index (χ2v) is 5.36. The van der Waals surface area contributed by atoms with Crippen LogP contribution in [0.5, 0.6) is 0 Å². The van der Waals surface area contributed by atoms with Gasteiger partial charge in [0.1, 0.15) is 23.1 Å². The summed E-state index contributed by atoms with van der Waals surface area (Å²) in [5, 5.41) is 11.0. The zero-order chi connectivity index (χ0) is 16.7. The molecule has 0 aliphatic heterocycles. The standard InChI is InChI=1S/C20H9FN2O/c1-23-16-10-12(9-13(11-22)20(16)21)14-6-4-8-18-19(14)15-5-2-3-7-17(15)24-18/h2-10H. The number of para-hydroxylation sites is 1. The van der Waals surface area contributed by atoms with Crippen LogP contribution in [0.25, 0.3) is 37.9 Å². The van der Waals surface area contributed by atoms with E-state index in [1.54, 1.807) is 0 Å². The number of halogens is 1. The number of nitrogens with zero attached hydrogens (tertiary/aromatic N) is 2. The van der Waals surface area contributed by atoms with E-state index in [9.17, 15) is 4.39 Å². The van der Waals surface area contributed by atoms with Crippen LogP contribution in [-0.4, -0.2) is 0 Å². The molecule has 0 spiro atoms. The zero-order valence-corrected chi connectivity index (χ0v) is 12.4. The Morgan fingerprint density at radius 3 is 2.62 bits per heavy atom. The maximum atomic E-state index is 14.0. The molecule has 0 unspecified atom stereocenters. The number of hydrogen-bond acceptors (Lipinski definition) is 2. The lowest BCUT2D eigenvalue weighted by atomic mass is 9.97. The van der Waals surface area contributed by atoms with Gasteiger partial charge >= 0.3 is 0 Å². The summed E-state index contributed by atoms with van der Waals surface area (Å²) in [7, 11) is 0. The van der Waals surface area contributed by atoms with Crippen LogP contribution in [0, 0.1) is 23.7 Å². The molecule has 0 saturated heterocycles. The average Bonchev–Trinajstić information content (AvgIpc) is 3.00. The van der Waals surface area contributed by atoms with Crippen LogP contribution in [0.2, 0.25) is 0 Å². The topological polar surface area (TPSA) is 41.3 Å². The monoisotopic (exact) mass is 312 g/mol. The van der Waals surface area contributed by atoms with Crippen molar-refractivity contribution in [1.82, 2.24) is 0 Å². The van der Waals surface area contributed by atoms with Crippen LogP contribution >= 0.6 is 0 Å². The fourth-order valence-corrected chi connectivity index (χ4v) is 2.94. The van der Waals surface area contributed by atoms with E-state index in [0.717, 1.165) is 21.9 Å². The summed E-state index contributed by atoms with van der Waals surface area (Å²) in [6.45, 7) is 7.14. The van der Waals surface area contributed by atoms with Crippen molar-refractivity contribution < 1.29 is 8.81 Å². The molecular formula is C20H9FN2O. The molecule has 3 nitrogen and oxygen atoms in total. The van der Waals surface area contributed by atoms with Crippen LogP contribution in [0.15, 0.2) is 59.0 Å². The molecule has 0 atom stereocenters. The number of benzene rings is 3. The predicted molar refractivity (Wildman–Crippen MR) is 90.1 cm³/mol. The van der Waals surface area contributed by atoms with Gasteiger partial charge in [-0.05, 0) is 35.4 Å². The molecule has 0 aliphatic rings. The highest BCUT2D eigenvalue weighted by Gasteiger charge is 2.16. The maximum absolute atomic E-state index is 14.0. The lowest BCUT2D eigenvalue weighted by molar-refractivity contribution is 0.630. The van der Waals surface area contributed by atoms with Crippen molar-refractivity contribution in [2.75, 3.05) is 0 Å². The largest absolute Gasteiger partial charge is 0.456 e. The molecular weight excluding hydrogens is 303 g/mol. The van der Waals surface area contributed by atoms with Gasteiger partial charge in [0.2, 0.25) is 5.69 Å². The molecule has 1 heterocycles. The van der Waals surface area contributed by atoms with Gasteiger partial charge in [0, 0.05) is 10.8 Å². The summed E-state index contributed by atoms with van der Waals surface area (Å²) < 4.78 is 19.9. The van der Waals surface area contributed by atoms with Gasteiger partial charge in [-0.15, -0.1) is 0 Å². The molecule has 0 N–H and O–H groups in total. The first-order valence-corrected chi connectivity index (χ1v) is 7.24. The summed E-state index contributed by atoms with van der Waals surface area (Å²) in [6.07, 6.45) is 0. The number of nitriles is 1. The second kappa shape index (κ2) is 5.22. The van der Waals surface area contributed by atoms with Crippen LogP contribution in [0.3, 0.4) is 0 Å². The van der Waals surface area contributed by atoms with Crippen molar-refractivity contribution >= 4 is 27.6 Å². The van der Waals surface area contributed by atoms with E-state index in [2.05, 4.69) is 4.85 Å². The van der Waals surface area contributed by atoms with Gasteiger partial charge in [-0.2, -0.15) is 5.26 Å². The van der Waals surface area contributed by atoms with Crippen molar-refractivity contribution in [3.8, 4) is 17.2 Å². The van der Waals surface area contributed by atoms with Gasteiger partial charge in [0.25, 0.3) is 0 Å². The minimum atomic E-state index is -0.777. The van der Waals surface area contributed by atoms with Crippen molar-refractivity contribution in [3.63, 3.8) is 0 Å². The Labute approximate surface area is 137 Å². The molecule has 1 aromatic heterocycles. The molecule has 0 fully saturated rings. The van der Waals surface area contributed by atoms with E-state index in [0.29, 0.717) is 11.1 Å². The fourth-order valence-electron chi connectivity index (χ4n) is 2.94. The normalized spacial score (nSPS) is 10.6. The van der Waals surface area contributed by atoms with Gasteiger partial charge < -0.3 is 4.42 Å². The van der Waals surface area contributed by atoms with E-state index in [-0.39, 0.29) is 11.3 Å². The van der Waals surface area contributed by atoms with Gasteiger partial charge in [-0.1, -0.05) is 30.3 Å². The van der Waals surface area contributed by atoms with E-state index >= 15 is 0 Å². The predicted octanol–water partition coefficient (Wildman–Crippen LogP) is 5.81. The third kappa shape index (κ3) is 1.95. The molecule has 4 aromatic rings. The number of fused-ring (bicyclic) bond motifs is 3. The first-order chi connectivity index (χ1) is 11.7. The zero-order valence-electron chi connectivity index (χ0n) is 12.4. The maximum Gasteiger partial charge on any atom is 0.224 e. The quantitative estimate of drug-likeness (QED) is 0.416. The molecule has 0 aliphatic carbocycles.